The van der Waals surface area contributed by atoms with E-state index in [0.717, 1.165) is 12.1 Å². The predicted molar refractivity (Wildman–Crippen MR) is 133 cm³/mol. The minimum absolute atomic E-state index is 0.192. The van der Waals surface area contributed by atoms with Crippen LogP contribution in [0.25, 0.3) is 22.6 Å². The van der Waals surface area contributed by atoms with Crippen LogP contribution in [0.1, 0.15) is 17.4 Å². The number of alkyl halides is 4. The molecule has 0 unspecified atom stereocenters. The number of hydrogen-bond acceptors (Lipinski definition) is 5. The topological polar surface area (TPSA) is 78.4 Å². The van der Waals surface area contributed by atoms with E-state index in [1.807, 2.05) is 0 Å². The summed E-state index contributed by atoms with van der Waals surface area (Å²) in [5.74, 6) is -5.33. The second-order valence-electron chi connectivity index (χ2n) is 8.95. The molecule has 5 heterocycles. The summed E-state index contributed by atoms with van der Waals surface area (Å²) in [5.41, 5.74) is 0.345. The van der Waals surface area contributed by atoms with Crippen LogP contribution in [0.15, 0.2) is 61.1 Å². The number of anilines is 2. The Morgan fingerprint density at radius 3 is 2.64 bits per heavy atom. The minimum atomic E-state index is -4.01. The fraction of sp³-hybridized carbons (Fsp3) is 0.200. The Balaban J connectivity index is 1.44. The molecule has 1 aliphatic rings. The summed E-state index contributed by atoms with van der Waals surface area (Å²) in [4.78, 5) is 4.27. The van der Waals surface area contributed by atoms with Crippen LogP contribution < -0.4 is 5.32 Å². The fourth-order valence-corrected chi connectivity index (χ4v) is 4.87. The number of halogens is 6. The molecule has 1 aliphatic heterocycles. The fourth-order valence-electron chi connectivity index (χ4n) is 4.66. The van der Waals surface area contributed by atoms with Crippen molar-refractivity contribution in [1.29, 1.82) is 0 Å². The van der Waals surface area contributed by atoms with Crippen molar-refractivity contribution in [1.82, 2.24) is 34.1 Å². The molecule has 200 valence electrons. The number of fused-ring (bicyclic) bond motifs is 3. The lowest BCUT2D eigenvalue weighted by atomic mass is 10.1. The number of nitrogens with one attached hydrogen (secondary N) is 1. The highest BCUT2D eigenvalue weighted by Crippen LogP contribution is 2.43. The average molecular weight is 561 g/mol. The molecule has 0 bridgehead atoms. The second-order valence-corrected chi connectivity index (χ2v) is 9.36. The van der Waals surface area contributed by atoms with Gasteiger partial charge in [-0.1, -0.05) is 23.7 Å². The van der Waals surface area contributed by atoms with Crippen molar-refractivity contribution in [2.45, 2.75) is 24.9 Å². The lowest BCUT2D eigenvalue weighted by Gasteiger charge is -2.29. The molecule has 6 rings (SSSR count). The molecule has 0 aliphatic carbocycles. The van der Waals surface area contributed by atoms with Crippen molar-refractivity contribution < 1.29 is 22.0 Å². The van der Waals surface area contributed by atoms with Gasteiger partial charge in [-0.25, -0.2) is 18.2 Å². The molecule has 39 heavy (non-hydrogen) atoms. The maximum absolute atomic E-state index is 15.5. The number of aryl methyl sites for hydroxylation is 1. The summed E-state index contributed by atoms with van der Waals surface area (Å²) in [6.07, 6.45) is 1.60. The van der Waals surface area contributed by atoms with Crippen LogP contribution in [-0.2, 0) is 19.5 Å². The predicted octanol–water partition coefficient (Wildman–Crippen LogP) is 6.04. The van der Waals surface area contributed by atoms with E-state index in [2.05, 4.69) is 25.6 Å². The van der Waals surface area contributed by atoms with E-state index in [1.54, 1.807) is 42.3 Å². The van der Waals surface area contributed by atoms with E-state index in [9.17, 15) is 13.2 Å². The third-order valence-corrected chi connectivity index (χ3v) is 6.87. The Bertz CT molecular complexity index is 1690. The van der Waals surface area contributed by atoms with Crippen molar-refractivity contribution in [2.75, 3.05) is 5.32 Å². The van der Waals surface area contributed by atoms with Crippen LogP contribution in [0.3, 0.4) is 0 Å². The van der Waals surface area contributed by atoms with Gasteiger partial charge in [0.05, 0.1) is 22.5 Å². The quantitative estimate of drug-likeness (QED) is 0.256. The van der Waals surface area contributed by atoms with Crippen molar-refractivity contribution >= 4 is 23.2 Å². The molecule has 0 saturated heterocycles. The van der Waals surface area contributed by atoms with Gasteiger partial charge in [0.2, 0.25) is 5.82 Å². The Kier molecular flexibility index (Phi) is 5.90. The van der Waals surface area contributed by atoms with Crippen LogP contribution in [0, 0.1) is 5.82 Å². The van der Waals surface area contributed by atoms with Crippen LogP contribution in [0.5, 0.6) is 0 Å². The normalized spacial score (nSPS) is 14.9. The lowest BCUT2D eigenvalue weighted by Crippen LogP contribution is -2.33. The van der Waals surface area contributed by atoms with Gasteiger partial charge >= 0.3 is 5.92 Å². The van der Waals surface area contributed by atoms with E-state index < -0.39 is 35.6 Å². The summed E-state index contributed by atoms with van der Waals surface area (Å²) in [5, 5.41) is 14.9. The van der Waals surface area contributed by atoms with E-state index in [4.69, 9.17) is 11.6 Å². The van der Waals surface area contributed by atoms with Crippen molar-refractivity contribution in [3.63, 3.8) is 0 Å². The summed E-state index contributed by atoms with van der Waals surface area (Å²) >= 11 is 6.43. The highest BCUT2D eigenvalue weighted by molar-refractivity contribution is 6.33. The van der Waals surface area contributed by atoms with Gasteiger partial charge in [-0.3, -0.25) is 9.25 Å². The van der Waals surface area contributed by atoms with E-state index in [1.165, 1.54) is 22.9 Å². The van der Waals surface area contributed by atoms with Crippen molar-refractivity contribution in [2.24, 2.45) is 7.05 Å². The zero-order chi connectivity index (χ0) is 27.5. The molecule has 14 heteroatoms. The molecule has 0 spiro atoms. The van der Waals surface area contributed by atoms with Gasteiger partial charge in [0, 0.05) is 43.2 Å². The highest BCUT2D eigenvalue weighted by atomic mass is 35.5. The Morgan fingerprint density at radius 2 is 1.92 bits per heavy atom. The first-order valence-electron chi connectivity index (χ1n) is 11.6. The monoisotopic (exact) mass is 560 g/mol. The van der Waals surface area contributed by atoms with Crippen LogP contribution in [0.4, 0.5) is 33.6 Å². The summed E-state index contributed by atoms with van der Waals surface area (Å²) < 4.78 is 77.5. The molecule has 4 aromatic heterocycles. The molecule has 0 saturated carbocycles. The largest absolute Gasteiger partial charge is 0.342 e. The zero-order valence-corrected chi connectivity index (χ0v) is 20.8. The van der Waals surface area contributed by atoms with Gasteiger partial charge in [0.25, 0.3) is 6.43 Å². The lowest BCUT2D eigenvalue weighted by molar-refractivity contribution is 0.0117. The first-order chi connectivity index (χ1) is 18.6. The molecule has 5 aromatic rings. The van der Waals surface area contributed by atoms with Gasteiger partial charge in [-0.05, 0) is 24.3 Å². The number of hydrogen-bond donors (Lipinski definition) is 1. The van der Waals surface area contributed by atoms with Gasteiger partial charge in [0.15, 0.2) is 5.82 Å². The molecule has 0 amide bonds. The van der Waals surface area contributed by atoms with Gasteiger partial charge < -0.3 is 9.88 Å². The number of pyridine rings is 1. The summed E-state index contributed by atoms with van der Waals surface area (Å²) in [7, 11) is 1.75. The highest BCUT2D eigenvalue weighted by Gasteiger charge is 2.46. The first-order valence-corrected chi connectivity index (χ1v) is 12.0. The van der Waals surface area contributed by atoms with E-state index in [0.29, 0.717) is 27.3 Å². The maximum Gasteiger partial charge on any atom is 0.334 e. The van der Waals surface area contributed by atoms with Crippen molar-refractivity contribution in [3.05, 3.63) is 83.3 Å². The summed E-state index contributed by atoms with van der Waals surface area (Å²) in [6.45, 7) is -0.346. The Hall–Kier alpha value is -4.26. The molecule has 0 fully saturated rings. The van der Waals surface area contributed by atoms with Gasteiger partial charge in [0.1, 0.15) is 23.5 Å². The number of rotatable bonds is 6. The number of aromatic nitrogens is 7. The Morgan fingerprint density at radius 1 is 1.13 bits per heavy atom. The summed E-state index contributed by atoms with van der Waals surface area (Å²) in [6, 6.07) is 7.55. The van der Waals surface area contributed by atoms with E-state index >= 15 is 8.78 Å². The number of benzene rings is 1. The molecule has 1 atom stereocenters. The first kappa shape index (κ1) is 25.0. The standard InChI is InChI=1S/C25H18ClF5N8/c1-37-21(6-7-33-37)34-20-9-14(16(26)10-32-20)13-8-18-23-35-36-24(25(30,31)15-4-2-3-5-17(15)27)39(23)19(22(28)29)12-38(18)11-13/h2-11,19,22H,12H2,1H3,(H,32,34)/t19-/m1/s1. The smallest absolute Gasteiger partial charge is 0.334 e. The maximum atomic E-state index is 15.5. The molecule has 0 radical (unpaired) electrons. The molecule has 1 N–H and O–H groups in total. The van der Waals surface area contributed by atoms with E-state index in [-0.39, 0.29) is 23.1 Å². The molecule has 1 aromatic carbocycles. The molecule has 8 nitrogen and oxygen atoms in total. The second kappa shape index (κ2) is 9.19. The zero-order valence-electron chi connectivity index (χ0n) is 20.0. The van der Waals surface area contributed by atoms with Crippen LogP contribution in [-0.4, -0.2) is 40.5 Å². The van der Waals surface area contributed by atoms with Crippen LogP contribution >= 0.6 is 11.6 Å². The average Bonchev–Trinajstić information content (AvgIpc) is 3.63. The number of nitrogens with zero attached hydrogens (tertiary/aromatic N) is 7. The van der Waals surface area contributed by atoms with Gasteiger partial charge in [-0.2, -0.15) is 13.9 Å². The third kappa shape index (κ3) is 4.13. The minimum Gasteiger partial charge on any atom is -0.342 e. The SMILES string of the molecule is Cn1nccc1Nc1cc(-c2cc3n(c2)C[C@H](C(F)F)n2c-3nnc2C(F)(F)c2ccccc2F)c(Cl)cn1. The van der Waals surface area contributed by atoms with Crippen LogP contribution in [0.2, 0.25) is 5.02 Å². The van der Waals surface area contributed by atoms with Crippen molar-refractivity contribution in [3.8, 4) is 22.6 Å². The molecular formula is C25H18ClF5N8. The van der Waals surface area contributed by atoms with Gasteiger partial charge in [-0.15, -0.1) is 10.2 Å². The Labute approximate surface area is 222 Å². The molecular weight excluding hydrogens is 543 g/mol. The third-order valence-electron chi connectivity index (χ3n) is 6.56.